The number of aliphatic hydroxyl groups is 1. The van der Waals surface area contributed by atoms with E-state index in [1.165, 1.54) is 0 Å². The Balaban J connectivity index is 3.31. The molecule has 0 saturated carbocycles. The Morgan fingerprint density at radius 2 is 2.11 bits per heavy atom. The molecule has 0 saturated heterocycles. The van der Waals surface area contributed by atoms with Crippen molar-refractivity contribution in [2.24, 2.45) is 11.8 Å². The molecule has 0 amide bonds. The lowest BCUT2D eigenvalue weighted by Gasteiger charge is -2.14. The van der Waals surface area contributed by atoms with Crippen LogP contribution >= 0.6 is 0 Å². The van der Waals surface area contributed by atoms with Crippen molar-refractivity contribution in [3.8, 4) is 0 Å². The van der Waals surface area contributed by atoms with E-state index in [-0.39, 0.29) is 12.6 Å². The van der Waals surface area contributed by atoms with Gasteiger partial charge in [0.1, 0.15) is 0 Å². The summed E-state index contributed by atoms with van der Waals surface area (Å²) in [4.78, 5) is 0. The Hall–Kier alpha value is -0.120. The molecule has 0 bridgehead atoms. The molecule has 3 heteroatoms. The molecule has 0 aliphatic rings. The molecule has 0 aromatic heterocycles. The molecule has 9 heavy (non-hydrogen) atoms. The molecule has 0 rings (SSSR count). The third kappa shape index (κ3) is 4.39. The Labute approximate surface area is 56.2 Å². The van der Waals surface area contributed by atoms with Gasteiger partial charge in [-0.15, -0.1) is 0 Å². The predicted molar refractivity (Wildman–Crippen MR) is 37.7 cm³/mol. The van der Waals surface area contributed by atoms with E-state index in [0.29, 0.717) is 5.92 Å². The minimum atomic E-state index is 0.0602. The lowest BCUT2D eigenvalue weighted by atomic mass is 10.1. The fourth-order valence-corrected chi connectivity index (χ4v) is 0.764. The third-order valence-electron chi connectivity index (χ3n) is 1.21. The van der Waals surface area contributed by atoms with Crippen LogP contribution in [0.2, 0.25) is 0 Å². The van der Waals surface area contributed by atoms with Crippen molar-refractivity contribution in [2.75, 3.05) is 6.61 Å². The van der Waals surface area contributed by atoms with E-state index in [1.807, 2.05) is 0 Å². The van der Waals surface area contributed by atoms with Gasteiger partial charge in [-0.2, -0.15) is 0 Å². The molecule has 0 aromatic carbocycles. The van der Waals surface area contributed by atoms with Crippen LogP contribution in [0, 0.1) is 5.92 Å². The molecule has 0 aliphatic carbocycles. The van der Waals surface area contributed by atoms with Gasteiger partial charge in [0, 0.05) is 6.04 Å². The van der Waals surface area contributed by atoms with Crippen LogP contribution in [-0.2, 0) is 0 Å². The SMILES string of the molecule is CC(C)C[C@H](CO)NN. The first-order chi connectivity index (χ1) is 4.20. The number of rotatable bonds is 4. The average molecular weight is 132 g/mol. The van der Waals surface area contributed by atoms with Crippen LogP contribution in [0.4, 0.5) is 0 Å². The minimum Gasteiger partial charge on any atom is -0.395 e. The van der Waals surface area contributed by atoms with Gasteiger partial charge in [-0.25, -0.2) is 0 Å². The Bertz CT molecular complexity index is 62.1. The first kappa shape index (κ1) is 8.88. The Morgan fingerprint density at radius 3 is 2.22 bits per heavy atom. The molecule has 0 heterocycles. The van der Waals surface area contributed by atoms with E-state index in [0.717, 1.165) is 6.42 Å². The monoisotopic (exact) mass is 132 g/mol. The molecule has 3 nitrogen and oxygen atoms in total. The number of nitrogens with two attached hydrogens (primary N) is 1. The van der Waals surface area contributed by atoms with E-state index in [9.17, 15) is 0 Å². The first-order valence-corrected chi connectivity index (χ1v) is 3.27. The van der Waals surface area contributed by atoms with Crippen LogP contribution in [0.25, 0.3) is 0 Å². The van der Waals surface area contributed by atoms with Crippen molar-refractivity contribution in [1.29, 1.82) is 0 Å². The highest BCUT2D eigenvalue weighted by Crippen LogP contribution is 2.02. The molecule has 0 aliphatic heterocycles. The van der Waals surface area contributed by atoms with Crippen LogP contribution in [0.3, 0.4) is 0 Å². The van der Waals surface area contributed by atoms with Gasteiger partial charge in [0.2, 0.25) is 0 Å². The second-order valence-corrected chi connectivity index (χ2v) is 2.68. The molecule has 0 fully saturated rings. The van der Waals surface area contributed by atoms with Gasteiger partial charge in [0.05, 0.1) is 6.61 Å². The smallest absolute Gasteiger partial charge is 0.0598 e. The largest absolute Gasteiger partial charge is 0.395 e. The van der Waals surface area contributed by atoms with Gasteiger partial charge in [-0.05, 0) is 12.3 Å². The van der Waals surface area contributed by atoms with Gasteiger partial charge in [-0.3, -0.25) is 11.3 Å². The highest BCUT2D eigenvalue weighted by Gasteiger charge is 2.05. The molecular weight excluding hydrogens is 116 g/mol. The molecule has 1 atom stereocenters. The maximum absolute atomic E-state index is 8.63. The molecule has 0 spiro atoms. The highest BCUT2D eigenvalue weighted by molar-refractivity contribution is 4.62. The maximum atomic E-state index is 8.63. The van der Waals surface area contributed by atoms with Crippen LogP contribution in [-0.4, -0.2) is 17.8 Å². The second-order valence-electron chi connectivity index (χ2n) is 2.68. The van der Waals surface area contributed by atoms with E-state index >= 15 is 0 Å². The average Bonchev–Trinajstić information content (AvgIpc) is 1.82. The van der Waals surface area contributed by atoms with E-state index in [2.05, 4.69) is 19.3 Å². The first-order valence-electron chi connectivity index (χ1n) is 3.27. The van der Waals surface area contributed by atoms with Crippen molar-refractivity contribution in [1.82, 2.24) is 5.43 Å². The summed E-state index contributed by atoms with van der Waals surface area (Å²) in [7, 11) is 0. The van der Waals surface area contributed by atoms with Gasteiger partial charge < -0.3 is 5.11 Å². The van der Waals surface area contributed by atoms with Crippen LogP contribution in [0.15, 0.2) is 0 Å². The van der Waals surface area contributed by atoms with Gasteiger partial charge >= 0.3 is 0 Å². The molecule has 56 valence electrons. The quantitative estimate of drug-likeness (QED) is 0.368. The predicted octanol–water partition coefficient (Wildman–Crippen LogP) is -0.143. The second kappa shape index (κ2) is 4.73. The highest BCUT2D eigenvalue weighted by atomic mass is 16.3. The zero-order valence-corrected chi connectivity index (χ0v) is 6.09. The minimum absolute atomic E-state index is 0.0602. The van der Waals surface area contributed by atoms with Crippen molar-refractivity contribution in [2.45, 2.75) is 26.3 Å². The summed E-state index contributed by atoms with van der Waals surface area (Å²) < 4.78 is 0. The van der Waals surface area contributed by atoms with E-state index in [4.69, 9.17) is 10.9 Å². The van der Waals surface area contributed by atoms with Gasteiger partial charge in [-0.1, -0.05) is 13.8 Å². The fraction of sp³-hybridized carbons (Fsp3) is 1.00. The summed E-state index contributed by atoms with van der Waals surface area (Å²) in [6.07, 6.45) is 0.924. The maximum Gasteiger partial charge on any atom is 0.0598 e. The Morgan fingerprint density at radius 1 is 1.56 bits per heavy atom. The number of nitrogens with one attached hydrogen (secondary N) is 1. The third-order valence-corrected chi connectivity index (χ3v) is 1.21. The normalized spacial score (nSPS) is 14.3. The van der Waals surface area contributed by atoms with Crippen LogP contribution < -0.4 is 11.3 Å². The zero-order valence-electron chi connectivity index (χ0n) is 6.09. The van der Waals surface area contributed by atoms with Crippen molar-refractivity contribution >= 4 is 0 Å². The molecule has 0 aromatic rings. The summed E-state index contributed by atoms with van der Waals surface area (Å²) in [5, 5.41) is 8.63. The zero-order chi connectivity index (χ0) is 7.28. The standard InChI is InChI=1S/C6H16N2O/c1-5(2)3-6(4-9)8-7/h5-6,8-9H,3-4,7H2,1-2H3/t6-/m1/s1. The summed E-state index contributed by atoms with van der Waals surface area (Å²) in [5.41, 5.74) is 2.53. The summed E-state index contributed by atoms with van der Waals surface area (Å²) in [6.45, 7) is 4.31. The molecular formula is C6H16N2O. The van der Waals surface area contributed by atoms with Crippen molar-refractivity contribution in [3.05, 3.63) is 0 Å². The number of aliphatic hydroxyl groups excluding tert-OH is 1. The number of hydrogen-bond acceptors (Lipinski definition) is 3. The lowest BCUT2D eigenvalue weighted by molar-refractivity contribution is 0.225. The van der Waals surface area contributed by atoms with Crippen molar-refractivity contribution in [3.63, 3.8) is 0 Å². The van der Waals surface area contributed by atoms with Crippen LogP contribution in [0.5, 0.6) is 0 Å². The van der Waals surface area contributed by atoms with Gasteiger partial charge in [0.15, 0.2) is 0 Å². The van der Waals surface area contributed by atoms with E-state index in [1.54, 1.807) is 0 Å². The van der Waals surface area contributed by atoms with Gasteiger partial charge in [0.25, 0.3) is 0 Å². The van der Waals surface area contributed by atoms with Crippen molar-refractivity contribution < 1.29 is 5.11 Å². The molecule has 4 N–H and O–H groups in total. The fourth-order valence-electron chi connectivity index (χ4n) is 0.764. The summed E-state index contributed by atoms with van der Waals surface area (Å²) in [5.74, 6) is 5.70. The number of hydrogen-bond donors (Lipinski definition) is 3. The van der Waals surface area contributed by atoms with Crippen LogP contribution in [0.1, 0.15) is 20.3 Å². The summed E-state index contributed by atoms with van der Waals surface area (Å²) >= 11 is 0. The lowest BCUT2D eigenvalue weighted by Crippen LogP contribution is -2.38. The number of hydrazine groups is 1. The Kier molecular flexibility index (Phi) is 4.67. The van der Waals surface area contributed by atoms with E-state index < -0.39 is 0 Å². The molecule has 0 unspecified atom stereocenters. The summed E-state index contributed by atoms with van der Waals surface area (Å²) in [6, 6.07) is 0.0602. The molecule has 0 radical (unpaired) electrons. The topological polar surface area (TPSA) is 58.3 Å².